The molecular weight excluding hydrogens is 296 g/mol. The van der Waals surface area contributed by atoms with Crippen molar-refractivity contribution in [2.45, 2.75) is 43.7 Å². The van der Waals surface area contributed by atoms with Crippen molar-refractivity contribution in [2.24, 2.45) is 0 Å². The molecule has 118 valence electrons. The second-order valence-corrected chi connectivity index (χ2v) is 7.00. The van der Waals surface area contributed by atoms with Gasteiger partial charge in [0, 0.05) is 12.9 Å². The molecular formula is C16H22N4OS. The molecule has 0 fully saturated rings. The first kappa shape index (κ1) is 16.7. The van der Waals surface area contributed by atoms with E-state index in [0.29, 0.717) is 17.6 Å². The van der Waals surface area contributed by atoms with Gasteiger partial charge < -0.3 is 10.5 Å². The fourth-order valence-corrected chi connectivity index (χ4v) is 2.74. The van der Waals surface area contributed by atoms with Gasteiger partial charge in [0.2, 0.25) is 5.95 Å². The van der Waals surface area contributed by atoms with Crippen molar-refractivity contribution in [1.82, 2.24) is 15.0 Å². The van der Waals surface area contributed by atoms with E-state index in [1.807, 2.05) is 0 Å². The minimum Gasteiger partial charge on any atom is -0.377 e. The number of aromatic nitrogens is 3. The Morgan fingerprint density at radius 1 is 1.09 bits per heavy atom. The maximum absolute atomic E-state index is 5.70. The van der Waals surface area contributed by atoms with E-state index in [1.54, 1.807) is 18.9 Å². The minimum atomic E-state index is 0.170. The van der Waals surface area contributed by atoms with E-state index in [1.165, 1.54) is 11.1 Å². The van der Waals surface area contributed by atoms with Crippen molar-refractivity contribution in [3.63, 3.8) is 0 Å². The highest BCUT2D eigenvalue weighted by Crippen LogP contribution is 2.25. The summed E-state index contributed by atoms with van der Waals surface area (Å²) in [5.74, 6) is 1.58. The number of hydrogen-bond acceptors (Lipinski definition) is 6. The van der Waals surface area contributed by atoms with E-state index in [-0.39, 0.29) is 11.4 Å². The van der Waals surface area contributed by atoms with Crippen LogP contribution in [0.3, 0.4) is 0 Å². The van der Waals surface area contributed by atoms with Gasteiger partial charge in [0.25, 0.3) is 0 Å². The predicted molar refractivity (Wildman–Crippen MR) is 89.7 cm³/mol. The molecule has 0 unspecified atom stereocenters. The van der Waals surface area contributed by atoms with Gasteiger partial charge in [-0.05, 0) is 16.5 Å². The van der Waals surface area contributed by atoms with Gasteiger partial charge in [0.15, 0.2) is 11.0 Å². The molecule has 2 N–H and O–H groups in total. The number of nitrogens with zero attached hydrogens (tertiary/aromatic N) is 3. The lowest BCUT2D eigenvalue weighted by Crippen LogP contribution is -2.10. The monoisotopic (exact) mass is 318 g/mol. The van der Waals surface area contributed by atoms with Crippen LogP contribution in [0.25, 0.3) is 0 Å². The van der Waals surface area contributed by atoms with Crippen LogP contribution in [0.15, 0.2) is 29.4 Å². The van der Waals surface area contributed by atoms with Crippen LogP contribution in [0.2, 0.25) is 0 Å². The lowest BCUT2D eigenvalue weighted by molar-refractivity contribution is 0.177. The number of methoxy groups -OCH3 is 1. The zero-order chi connectivity index (χ0) is 16.2. The third-order valence-electron chi connectivity index (χ3n) is 3.14. The van der Waals surface area contributed by atoms with E-state index in [2.05, 4.69) is 60.0 Å². The summed E-state index contributed by atoms with van der Waals surface area (Å²) in [6.07, 6.45) is 0. The Hall–Kier alpha value is -1.66. The third-order valence-corrected chi connectivity index (χ3v) is 4.06. The van der Waals surface area contributed by atoms with E-state index in [0.717, 1.165) is 5.75 Å². The lowest BCUT2D eigenvalue weighted by atomic mass is 9.87. The first-order valence-electron chi connectivity index (χ1n) is 7.10. The molecule has 1 heterocycles. The summed E-state index contributed by atoms with van der Waals surface area (Å²) < 4.78 is 5.03. The highest BCUT2D eigenvalue weighted by Gasteiger charge is 2.13. The van der Waals surface area contributed by atoms with Crippen molar-refractivity contribution >= 4 is 17.7 Å². The van der Waals surface area contributed by atoms with Gasteiger partial charge in [0.1, 0.15) is 6.61 Å². The molecule has 0 saturated heterocycles. The summed E-state index contributed by atoms with van der Waals surface area (Å²) in [5, 5.41) is 0.624. The molecule has 6 heteroatoms. The first-order valence-corrected chi connectivity index (χ1v) is 8.08. The maximum Gasteiger partial charge on any atom is 0.224 e. The van der Waals surface area contributed by atoms with Crippen molar-refractivity contribution in [3.05, 3.63) is 41.2 Å². The van der Waals surface area contributed by atoms with Gasteiger partial charge in [-0.1, -0.05) is 56.8 Å². The number of nitrogens with two attached hydrogens (primary N) is 1. The molecule has 0 spiro atoms. The van der Waals surface area contributed by atoms with Crippen LogP contribution in [0.4, 0.5) is 5.95 Å². The number of anilines is 1. The zero-order valence-electron chi connectivity index (χ0n) is 13.5. The molecule has 0 radical (unpaired) electrons. The third kappa shape index (κ3) is 4.68. The summed E-state index contributed by atoms with van der Waals surface area (Å²) in [6.45, 7) is 6.96. The standard InChI is InChI=1S/C16H22N4OS/c1-16(2,3)12-7-5-11(6-8-12)10-22-15-19-13(9-21-4)18-14(17)20-15/h5-8H,9-10H2,1-4H3,(H2,17,18,19,20). The zero-order valence-corrected chi connectivity index (χ0v) is 14.3. The first-order chi connectivity index (χ1) is 10.4. The second-order valence-electron chi connectivity index (χ2n) is 6.06. The molecule has 2 rings (SSSR count). The Kier molecular flexibility index (Phi) is 5.37. The van der Waals surface area contributed by atoms with Gasteiger partial charge in [-0.25, -0.2) is 4.98 Å². The van der Waals surface area contributed by atoms with Gasteiger partial charge in [0.05, 0.1) is 0 Å². The molecule has 0 bridgehead atoms. The quantitative estimate of drug-likeness (QED) is 0.853. The average Bonchev–Trinajstić information content (AvgIpc) is 2.44. The van der Waals surface area contributed by atoms with Crippen molar-refractivity contribution in [2.75, 3.05) is 12.8 Å². The van der Waals surface area contributed by atoms with Gasteiger partial charge in [-0.2, -0.15) is 9.97 Å². The van der Waals surface area contributed by atoms with Gasteiger partial charge in [-0.3, -0.25) is 0 Å². The summed E-state index contributed by atoms with van der Waals surface area (Å²) >= 11 is 1.54. The number of rotatable bonds is 5. The molecule has 0 atom stereocenters. The Labute approximate surface area is 135 Å². The lowest BCUT2D eigenvalue weighted by Gasteiger charge is -2.19. The smallest absolute Gasteiger partial charge is 0.224 e. The highest BCUT2D eigenvalue weighted by molar-refractivity contribution is 7.98. The van der Waals surface area contributed by atoms with E-state index in [9.17, 15) is 0 Å². The second kappa shape index (κ2) is 7.07. The number of hydrogen-bond donors (Lipinski definition) is 1. The summed E-state index contributed by atoms with van der Waals surface area (Å²) in [6, 6.07) is 8.64. The Morgan fingerprint density at radius 3 is 2.36 bits per heavy atom. The molecule has 0 amide bonds. The van der Waals surface area contributed by atoms with E-state index in [4.69, 9.17) is 10.5 Å². The van der Waals surface area contributed by atoms with Gasteiger partial charge in [-0.15, -0.1) is 0 Å². The molecule has 22 heavy (non-hydrogen) atoms. The number of thioether (sulfide) groups is 1. The molecule has 2 aromatic rings. The number of benzene rings is 1. The largest absolute Gasteiger partial charge is 0.377 e. The molecule has 0 aliphatic rings. The molecule has 5 nitrogen and oxygen atoms in total. The fourth-order valence-electron chi connectivity index (χ4n) is 1.92. The molecule has 1 aromatic carbocycles. The SMILES string of the molecule is COCc1nc(N)nc(SCc2ccc(C(C)(C)C)cc2)n1. The summed E-state index contributed by atoms with van der Waals surface area (Å²) in [7, 11) is 1.60. The summed E-state index contributed by atoms with van der Waals surface area (Å²) in [5.41, 5.74) is 8.42. The average molecular weight is 318 g/mol. The van der Waals surface area contributed by atoms with Crippen molar-refractivity contribution < 1.29 is 4.74 Å². The van der Waals surface area contributed by atoms with Crippen LogP contribution in [-0.2, 0) is 22.5 Å². The number of nitrogen functional groups attached to an aromatic ring is 1. The summed E-state index contributed by atoms with van der Waals surface area (Å²) in [4.78, 5) is 12.5. The molecule has 0 aliphatic carbocycles. The maximum atomic E-state index is 5.70. The van der Waals surface area contributed by atoms with Crippen molar-refractivity contribution in [1.29, 1.82) is 0 Å². The van der Waals surface area contributed by atoms with Crippen LogP contribution in [0, 0.1) is 0 Å². The van der Waals surface area contributed by atoms with Crippen LogP contribution < -0.4 is 5.73 Å². The fraction of sp³-hybridized carbons (Fsp3) is 0.438. The van der Waals surface area contributed by atoms with Crippen LogP contribution in [-0.4, -0.2) is 22.1 Å². The molecule has 0 aliphatic heterocycles. The van der Waals surface area contributed by atoms with Crippen LogP contribution in [0.1, 0.15) is 37.7 Å². The van der Waals surface area contributed by atoms with Crippen LogP contribution >= 0.6 is 11.8 Å². The highest BCUT2D eigenvalue weighted by atomic mass is 32.2. The predicted octanol–water partition coefficient (Wildman–Crippen LogP) is 3.19. The Morgan fingerprint density at radius 2 is 1.77 bits per heavy atom. The van der Waals surface area contributed by atoms with Gasteiger partial charge >= 0.3 is 0 Å². The minimum absolute atomic E-state index is 0.170. The Bertz CT molecular complexity index is 623. The topological polar surface area (TPSA) is 73.9 Å². The molecule has 0 saturated carbocycles. The van der Waals surface area contributed by atoms with E-state index >= 15 is 0 Å². The Balaban J connectivity index is 2.04. The van der Waals surface area contributed by atoms with Crippen molar-refractivity contribution in [3.8, 4) is 0 Å². The van der Waals surface area contributed by atoms with E-state index < -0.39 is 0 Å². The normalized spacial score (nSPS) is 11.6. The number of ether oxygens (including phenoxy) is 1. The molecule has 1 aromatic heterocycles. The van der Waals surface area contributed by atoms with Crippen LogP contribution in [0.5, 0.6) is 0 Å².